The van der Waals surface area contributed by atoms with Gasteiger partial charge in [0.25, 0.3) is 0 Å². The lowest BCUT2D eigenvalue weighted by molar-refractivity contribution is -0.140. The van der Waals surface area contributed by atoms with Gasteiger partial charge in [-0.25, -0.2) is 0 Å². The van der Waals surface area contributed by atoms with Crippen LogP contribution in [0, 0.1) is 0 Å². The van der Waals surface area contributed by atoms with Crippen molar-refractivity contribution < 1.29 is 14.3 Å². The van der Waals surface area contributed by atoms with Crippen LogP contribution in [0.1, 0.15) is 56.6 Å². The summed E-state index contributed by atoms with van der Waals surface area (Å²) in [7, 11) is 1.61. The fourth-order valence-corrected chi connectivity index (χ4v) is 3.87. The number of nitrogens with one attached hydrogen (secondary N) is 1. The van der Waals surface area contributed by atoms with Gasteiger partial charge in [0.05, 0.1) is 7.11 Å². The molecule has 1 aromatic carbocycles. The van der Waals surface area contributed by atoms with E-state index in [1.807, 2.05) is 24.3 Å². The molecule has 0 bridgehead atoms. The van der Waals surface area contributed by atoms with Crippen LogP contribution in [0.4, 0.5) is 0 Å². The Bertz CT molecular complexity index is 624. The summed E-state index contributed by atoms with van der Waals surface area (Å²) in [6.07, 6.45) is 7.38. The van der Waals surface area contributed by atoms with Crippen LogP contribution in [0.5, 0.6) is 5.75 Å². The van der Waals surface area contributed by atoms with E-state index in [-0.39, 0.29) is 29.8 Å². The first-order chi connectivity index (χ1) is 12.6. The van der Waals surface area contributed by atoms with Crippen molar-refractivity contribution in [3.8, 4) is 5.75 Å². The molecule has 142 valence electrons. The predicted octanol–water partition coefficient (Wildman–Crippen LogP) is 3.42. The van der Waals surface area contributed by atoms with Crippen LogP contribution in [0.2, 0.25) is 0 Å². The largest absolute Gasteiger partial charge is 0.497 e. The first kappa shape index (κ1) is 19.0. The SMILES string of the molecule is COc1ccc([C@H](C(=O)NC2CCCCC2)N(C(=O)CCl)C2CC2)cc1. The molecule has 1 aromatic rings. The Hall–Kier alpha value is -1.75. The van der Waals surface area contributed by atoms with Gasteiger partial charge in [0.1, 0.15) is 17.7 Å². The van der Waals surface area contributed by atoms with Crippen molar-refractivity contribution in [1.29, 1.82) is 0 Å². The Morgan fingerprint density at radius 2 is 1.81 bits per heavy atom. The summed E-state index contributed by atoms with van der Waals surface area (Å²) in [4.78, 5) is 27.4. The molecular weight excluding hydrogens is 352 g/mol. The van der Waals surface area contributed by atoms with Crippen molar-refractivity contribution in [1.82, 2.24) is 10.2 Å². The number of hydrogen-bond acceptors (Lipinski definition) is 3. The van der Waals surface area contributed by atoms with Crippen molar-refractivity contribution in [2.45, 2.75) is 63.1 Å². The summed E-state index contributed by atoms with van der Waals surface area (Å²) in [6.45, 7) is 0. The summed E-state index contributed by atoms with van der Waals surface area (Å²) in [5.41, 5.74) is 0.796. The number of benzene rings is 1. The smallest absolute Gasteiger partial charge is 0.247 e. The molecule has 0 saturated heterocycles. The molecule has 0 unspecified atom stereocenters. The van der Waals surface area contributed by atoms with Gasteiger partial charge in [-0.3, -0.25) is 9.59 Å². The second-order valence-electron chi connectivity index (χ2n) is 7.19. The molecule has 2 saturated carbocycles. The zero-order valence-electron chi connectivity index (χ0n) is 15.2. The molecule has 0 heterocycles. The lowest BCUT2D eigenvalue weighted by Gasteiger charge is -2.33. The topological polar surface area (TPSA) is 58.6 Å². The lowest BCUT2D eigenvalue weighted by Crippen LogP contribution is -2.48. The summed E-state index contributed by atoms with van der Waals surface area (Å²) < 4.78 is 5.22. The Balaban J connectivity index is 1.86. The number of nitrogens with zero attached hydrogens (tertiary/aromatic N) is 1. The maximum Gasteiger partial charge on any atom is 0.247 e. The van der Waals surface area contributed by atoms with Crippen molar-refractivity contribution in [3.05, 3.63) is 29.8 Å². The number of hydrogen-bond donors (Lipinski definition) is 1. The Morgan fingerprint density at radius 3 is 2.35 bits per heavy atom. The van der Waals surface area contributed by atoms with Gasteiger partial charge >= 0.3 is 0 Å². The normalized spacial score (nSPS) is 18.8. The standard InChI is InChI=1S/C20H27ClN2O3/c1-26-17-11-7-14(8-12-17)19(23(16-9-10-16)18(24)13-21)20(25)22-15-5-3-2-4-6-15/h7-8,11-12,15-16,19H,2-6,9-10,13H2,1H3,(H,22,25)/t19-/m1/s1. The average molecular weight is 379 g/mol. The number of ether oxygens (including phenoxy) is 1. The lowest BCUT2D eigenvalue weighted by atomic mass is 9.94. The molecule has 5 nitrogen and oxygen atoms in total. The second kappa shape index (κ2) is 8.76. The fraction of sp³-hybridized carbons (Fsp3) is 0.600. The van der Waals surface area contributed by atoms with Crippen LogP contribution in [-0.4, -0.2) is 41.8 Å². The number of alkyl halides is 1. The first-order valence-electron chi connectivity index (χ1n) is 9.45. The van der Waals surface area contributed by atoms with Gasteiger partial charge in [-0.05, 0) is 43.4 Å². The van der Waals surface area contributed by atoms with E-state index >= 15 is 0 Å². The van der Waals surface area contributed by atoms with E-state index in [0.717, 1.165) is 49.8 Å². The third-order valence-corrected chi connectivity index (χ3v) is 5.48. The molecular formula is C20H27ClN2O3. The van der Waals surface area contributed by atoms with Gasteiger partial charge in [-0.15, -0.1) is 11.6 Å². The van der Waals surface area contributed by atoms with Gasteiger partial charge in [-0.2, -0.15) is 0 Å². The molecule has 0 aliphatic heterocycles. The third-order valence-electron chi connectivity index (χ3n) is 5.25. The highest BCUT2D eigenvalue weighted by Gasteiger charge is 2.41. The van der Waals surface area contributed by atoms with Crippen LogP contribution >= 0.6 is 11.6 Å². The molecule has 1 N–H and O–H groups in total. The van der Waals surface area contributed by atoms with Gasteiger partial charge in [0.15, 0.2) is 0 Å². The Kier molecular flexibility index (Phi) is 6.41. The molecule has 3 rings (SSSR count). The minimum atomic E-state index is -0.637. The molecule has 0 aromatic heterocycles. The number of rotatable bonds is 7. The van der Waals surface area contributed by atoms with Crippen molar-refractivity contribution in [2.75, 3.05) is 13.0 Å². The molecule has 26 heavy (non-hydrogen) atoms. The highest BCUT2D eigenvalue weighted by molar-refractivity contribution is 6.27. The van der Waals surface area contributed by atoms with E-state index in [9.17, 15) is 9.59 Å². The Morgan fingerprint density at radius 1 is 1.15 bits per heavy atom. The molecule has 0 radical (unpaired) electrons. The average Bonchev–Trinajstić information content (AvgIpc) is 3.51. The summed E-state index contributed by atoms with van der Waals surface area (Å²) in [5, 5.41) is 3.18. The summed E-state index contributed by atoms with van der Waals surface area (Å²) in [5.74, 6) is 0.322. The summed E-state index contributed by atoms with van der Waals surface area (Å²) in [6, 6.07) is 7.04. The van der Waals surface area contributed by atoms with E-state index in [0.29, 0.717) is 0 Å². The molecule has 2 aliphatic rings. The number of amides is 2. The van der Waals surface area contributed by atoms with Gasteiger partial charge in [-0.1, -0.05) is 31.4 Å². The first-order valence-corrected chi connectivity index (χ1v) is 9.99. The predicted molar refractivity (Wildman–Crippen MR) is 101 cm³/mol. The maximum atomic E-state index is 13.2. The number of halogens is 1. The van der Waals surface area contributed by atoms with E-state index in [1.54, 1.807) is 12.0 Å². The van der Waals surface area contributed by atoms with Crippen molar-refractivity contribution >= 4 is 23.4 Å². The van der Waals surface area contributed by atoms with Crippen LogP contribution in [0.15, 0.2) is 24.3 Å². The zero-order valence-corrected chi connectivity index (χ0v) is 16.0. The molecule has 2 fully saturated rings. The van der Waals surface area contributed by atoms with Crippen LogP contribution < -0.4 is 10.1 Å². The fourth-order valence-electron chi connectivity index (χ4n) is 3.73. The van der Waals surface area contributed by atoms with Crippen LogP contribution in [0.3, 0.4) is 0 Å². The zero-order chi connectivity index (χ0) is 18.5. The molecule has 2 amide bonds. The second-order valence-corrected chi connectivity index (χ2v) is 7.45. The molecule has 2 aliphatic carbocycles. The van der Waals surface area contributed by atoms with Gasteiger partial charge in [0, 0.05) is 12.1 Å². The highest BCUT2D eigenvalue weighted by atomic mass is 35.5. The maximum absolute atomic E-state index is 13.2. The highest BCUT2D eigenvalue weighted by Crippen LogP contribution is 2.36. The minimum absolute atomic E-state index is 0.102. The summed E-state index contributed by atoms with van der Waals surface area (Å²) >= 11 is 5.85. The molecule has 6 heteroatoms. The Labute approximate surface area is 160 Å². The number of carbonyl (C=O) groups is 2. The van der Waals surface area contributed by atoms with E-state index in [1.165, 1.54) is 6.42 Å². The number of methoxy groups -OCH3 is 1. The van der Waals surface area contributed by atoms with E-state index < -0.39 is 6.04 Å². The minimum Gasteiger partial charge on any atom is -0.497 e. The monoisotopic (exact) mass is 378 g/mol. The third kappa shape index (κ3) is 4.50. The van der Waals surface area contributed by atoms with Gasteiger partial charge < -0.3 is 15.0 Å². The van der Waals surface area contributed by atoms with Crippen LogP contribution in [0.25, 0.3) is 0 Å². The van der Waals surface area contributed by atoms with Crippen molar-refractivity contribution in [2.24, 2.45) is 0 Å². The number of carbonyl (C=O) groups excluding carboxylic acids is 2. The van der Waals surface area contributed by atoms with Gasteiger partial charge in [0.2, 0.25) is 11.8 Å². The molecule has 0 spiro atoms. The quantitative estimate of drug-likeness (QED) is 0.739. The van der Waals surface area contributed by atoms with E-state index in [2.05, 4.69) is 5.32 Å². The molecule has 1 atom stereocenters. The van der Waals surface area contributed by atoms with Crippen LogP contribution in [-0.2, 0) is 9.59 Å². The van der Waals surface area contributed by atoms with Crippen molar-refractivity contribution in [3.63, 3.8) is 0 Å². The van der Waals surface area contributed by atoms with E-state index in [4.69, 9.17) is 16.3 Å².